The Balaban J connectivity index is 1.16. The van der Waals surface area contributed by atoms with E-state index in [1.165, 1.54) is 42.3 Å². The van der Waals surface area contributed by atoms with Gasteiger partial charge in [-0.25, -0.2) is 17.5 Å². The summed E-state index contributed by atoms with van der Waals surface area (Å²) in [5, 5.41) is 23.3. The SMILES string of the molecule is C=CC(c1ccccc1F)S(=O)(=O)NCCCC[C@H](NC(C)=O)C(=O)Nc1c(O)c(-c2cc3c4c(ccc3c3ccccc23)CCCC4)c2ccccc2c1Cc1cccnc1. The number of anilines is 1. The molecule has 6 aromatic carbocycles. The van der Waals surface area contributed by atoms with Gasteiger partial charge in [0.2, 0.25) is 21.8 Å². The molecule has 2 amide bonds. The number of fused-ring (bicyclic) bond motifs is 6. The molecule has 9 nitrogen and oxygen atoms in total. The molecular weight excluding hydrogens is 800 g/mol. The zero-order chi connectivity index (χ0) is 43.4. The molecule has 11 heteroatoms. The lowest BCUT2D eigenvalue weighted by Gasteiger charge is -2.24. The quantitative estimate of drug-likeness (QED) is 0.0351. The van der Waals surface area contributed by atoms with Gasteiger partial charge in [-0.05, 0) is 123 Å². The maximum absolute atomic E-state index is 14.5. The topological polar surface area (TPSA) is 137 Å². The summed E-state index contributed by atoms with van der Waals surface area (Å²) >= 11 is 0. The summed E-state index contributed by atoms with van der Waals surface area (Å²) < 4.78 is 43.4. The van der Waals surface area contributed by atoms with Crippen LogP contribution in [0.3, 0.4) is 0 Å². The highest BCUT2D eigenvalue weighted by atomic mass is 32.2. The number of benzene rings is 6. The van der Waals surface area contributed by atoms with Crippen molar-refractivity contribution < 1.29 is 27.5 Å². The summed E-state index contributed by atoms with van der Waals surface area (Å²) in [7, 11) is -4.03. The number of nitrogens with zero attached hydrogens (tertiary/aromatic N) is 1. The molecule has 8 rings (SSSR count). The lowest BCUT2D eigenvalue weighted by molar-refractivity contribution is -0.125. The molecule has 1 aliphatic carbocycles. The van der Waals surface area contributed by atoms with Crippen LogP contribution in [-0.2, 0) is 38.9 Å². The third kappa shape index (κ3) is 8.55. The van der Waals surface area contributed by atoms with E-state index in [1.807, 2.05) is 48.5 Å². The molecule has 7 aromatic rings. The summed E-state index contributed by atoms with van der Waals surface area (Å²) in [6.07, 6.45) is 10.1. The molecule has 0 radical (unpaired) electrons. The van der Waals surface area contributed by atoms with E-state index < -0.39 is 38.9 Å². The largest absolute Gasteiger partial charge is 0.505 e. The third-order valence-corrected chi connectivity index (χ3v) is 13.7. The highest BCUT2D eigenvalue weighted by Gasteiger charge is 2.29. The average Bonchev–Trinajstić information content (AvgIpc) is 3.28. The van der Waals surface area contributed by atoms with Crippen molar-refractivity contribution in [2.45, 2.75) is 69.6 Å². The van der Waals surface area contributed by atoms with Crippen LogP contribution < -0.4 is 15.4 Å². The smallest absolute Gasteiger partial charge is 0.247 e. The number of carbonyl (C=O) groups is 2. The summed E-state index contributed by atoms with van der Waals surface area (Å²) in [6, 6.07) is 31.2. The number of pyridine rings is 1. The van der Waals surface area contributed by atoms with Crippen molar-refractivity contribution in [3.8, 4) is 16.9 Å². The molecular formula is C51H49FN4O5S. The molecule has 316 valence electrons. The monoisotopic (exact) mass is 848 g/mol. The number of halogens is 1. The highest BCUT2D eigenvalue weighted by molar-refractivity contribution is 7.89. The zero-order valence-corrected chi connectivity index (χ0v) is 35.4. The number of aromatic hydroxyl groups is 1. The fraction of sp³-hybridized carbons (Fsp3) is 0.235. The van der Waals surface area contributed by atoms with E-state index in [4.69, 9.17) is 0 Å². The average molecular weight is 849 g/mol. The standard InChI is InChI=1S/C51H49FN4O5S/c1-3-47(41-22-10-11-23-45(41)52)62(60,61)54-28-13-12-24-46(55-32(2)57)51(59)56-49-44(29-33-15-14-27-53-31-33)38-20-8-9-21-40(38)48(50(49)58)43-30-42-35-17-5-4-16-34(35)25-26-39(42)36-18-6-7-19-37(36)43/h3,6-11,14-15,18-23,25-27,30-31,46-47,54,58H,1,4-5,12-13,16-17,24,28-29H2,2H3,(H,55,57)(H,56,59)/t46-,47?/m0/s1. The first-order valence-electron chi connectivity index (χ1n) is 21.1. The maximum Gasteiger partial charge on any atom is 0.247 e. The fourth-order valence-corrected chi connectivity index (χ4v) is 10.4. The van der Waals surface area contributed by atoms with Gasteiger partial charge in [0.25, 0.3) is 0 Å². The van der Waals surface area contributed by atoms with Crippen molar-refractivity contribution in [2.24, 2.45) is 0 Å². The van der Waals surface area contributed by atoms with Gasteiger partial charge in [0.15, 0.2) is 0 Å². The van der Waals surface area contributed by atoms with E-state index in [2.05, 4.69) is 57.3 Å². The molecule has 1 heterocycles. The molecule has 2 atom stereocenters. The summed E-state index contributed by atoms with van der Waals surface area (Å²) in [4.78, 5) is 31.3. The van der Waals surface area contributed by atoms with Crippen LogP contribution in [0.2, 0.25) is 0 Å². The minimum absolute atomic E-state index is 0.00638. The molecule has 0 aliphatic heterocycles. The number of aryl methyl sites for hydroxylation is 2. The first kappa shape index (κ1) is 42.3. The second kappa shape index (κ2) is 18.3. The minimum atomic E-state index is -4.03. The van der Waals surface area contributed by atoms with Crippen molar-refractivity contribution in [3.05, 3.63) is 162 Å². The van der Waals surface area contributed by atoms with Gasteiger partial charge in [-0.1, -0.05) is 91.0 Å². The van der Waals surface area contributed by atoms with Gasteiger partial charge in [-0.2, -0.15) is 0 Å². The Morgan fingerprint density at radius 2 is 1.56 bits per heavy atom. The second-order valence-corrected chi connectivity index (χ2v) is 17.9. The van der Waals surface area contributed by atoms with Gasteiger partial charge in [-0.3, -0.25) is 14.6 Å². The highest BCUT2D eigenvalue weighted by Crippen LogP contribution is 2.49. The van der Waals surface area contributed by atoms with Crippen LogP contribution >= 0.6 is 0 Å². The zero-order valence-electron chi connectivity index (χ0n) is 34.6. The number of hydrogen-bond donors (Lipinski definition) is 4. The molecule has 0 bridgehead atoms. The number of carbonyl (C=O) groups excluding carboxylic acids is 2. The van der Waals surface area contributed by atoms with Crippen LogP contribution in [0.25, 0.3) is 43.4 Å². The van der Waals surface area contributed by atoms with E-state index in [0.29, 0.717) is 30.4 Å². The molecule has 1 aromatic heterocycles. The lowest BCUT2D eigenvalue weighted by Crippen LogP contribution is -2.43. The van der Waals surface area contributed by atoms with Crippen LogP contribution in [0.4, 0.5) is 10.1 Å². The van der Waals surface area contributed by atoms with Crippen molar-refractivity contribution in [1.29, 1.82) is 0 Å². The molecule has 0 saturated carbocycles. The number of rotatable bonds is 15. The molecule has 1 aliphatic rings. The Bertz CT molecular complexity index is 2960. The number of phenolic OH excluding ortho intramolecular Hbond substituents is 1. The number of hydrogen-bond acceptors (Lipinski definition) is 6. The molecule has 1 unspecified atom stereocenters. The number of nitrogens with one attached hydrogen (secondary N) is 3. The lowest BCUT2D eigenvalue weighted by atomic mass is 9.83. The summed E-state index contributed by atoms with van der Waals surface area (Å²) in [5.41, 5.74) is 5.91. The van der Waals surface area contributed by atoms with E-state index in [9.17, 15) is 27.5 Å². The van der Waals surface area contributed by atoms with Gasteiger partial charge >= 0.3 is 0 Å². The van der Waals surface area contributed by atoms with Gasteiger partial charge < -0.3 is 15.7 Å². The van der Waals surface area contributed by atoms with Crippen molar-refractivity contribution in [3.63, 3.8) is 0 Å². The number of amides is 2. The molecule has 4 N–H and O–H groups in total. The Hall–Kier alpha value is -6.43. The Labute approximate surface area is 361 Å². The second-order valence-electron chi connectivity index (χ2n) is 16.0. The Morgan fingerprint density at radius 3 is 2.31 bits per heavy atom. The number of unbranched alkanes of at least 4 members (excludes halogenated alkanes) is 1. The Kier molecular flexibility index (Phi) is 12.5. The number of phenols is 1. The van der Waals surface area contributed by atoms with Crippen molar-refractivity contribution >= 4 is 59.8 Å². The van der Waals surface area contributed by atoms with Gasteiger partial charge in [0, 0.05) is 43.4 Å². The maximum atomic E-state index is 14.5. The Morgan fingerprint density at radius 1 is 0.855 bits per heavy atom. The van der Waals surface area contributed by atoms with Crippen LogP contribution in [0.5, 0.6) is 5.75 Å². The van der Waals surface area contributed by atoms with E-state index in [-0.39, 0.29) is 30.0 Å². The number of aromatic nitrogens is 1. The van der Waals surface area contributed by atoms with Crippen LogP contribution in [0, 0.1) is 5.82 Å². The molecule has 0 fully saturated rings. The van der Waals surface area contributed by atoms with E-state index >= 15 is 0 Å². The normalized spacial score (nSPS) is 13.7. The van der Waals surface area contributed by atoms with Crippen molar-refractivity contribution in [2.75, 3.05) is 11.9 Å². The predicted octanol–water partition coefficient (Wildman–Crippen LogP) is 9.98. The van der Waals surface area contributed by atoms with Crippen LogP contribution in [0.1, 0.15) is 72.1 Å². The van der Waals surface area contributed by atoms with Gasteiger partial charge in [0.05, 0.1) is 5.69 Å². The first-order valence-corrected chi connectivity index (χ1v) is 22.7. The minimum Gasteiger partial charge on any atom is -0.505 e. The van der Waals surface area contributed by atoms with Crippen LogP contribution in [-0.4, -0.2) is 42.9 Å². The third-order valence-electron chi connectivity index (χ3n) is 12.0. The van der Waals surface area contributed by atoms with Gasteiger partial charge in [-0.15, -0.1) is 6.58 Å². The summed E-state index contributed by atoms with van der Waals surface area (Å²) in [6.45, 7) is 4.96. The van der Waals surface area contributed by atoms with E-state index in [1.54, 1.807) is 18.5 Å². The molecule has 0 saturated heterocycles. The summed E-state index contributed by atoms with van der Waals surface area (Å²) in [5.74, 6) is -1.69. The van der Waals surface area contributed by atoms with E-state index in [0.717, 1.165) is 69.1 Å². The predicted molar refractivity (Wildman–Crippen MR) is 246 cm³/mol. The number of sulfonamides is 1. The fourth-order valence-electron chi connectivity index (χ4n) is 9.06. The molecule has 62 heavy (non-hydrogen) atoms. The molecule has 0 spiro atoms. The van der Waals surface area contributed by atoms with Crippen LogP contribution in [0.15, 0.2) is 128 Å². The first-order chi connectivity index (χ1) is 30.1. The van der Waals surface area contributed by atoms with Gasteiger partial charge in [0.1, 0.15) is 22.9 Å². The van der Waals surface area contributed by atoms with Crippen molar-refractivity contribution in [1.82, 2.24) is 15.0 Å².